The second kappa shape index (κ2) is 5.92. The van der Waals surface area contributed by atoms with E-state index in [9.17, 15) is 0 Å². The van der Waals surface area contributed by atoms with Gasteiger partial charge in [-0.15, -0.1) is 0 Å². The molecule has 0 bridgehead atoms. The number of methoxy groups -OCH3 is 1. The first-order valence-corrected chi connectivity index (χ1v) is 7.90. The average Bonchev–Trinajstić information content (AvgIpc) is 2.42. The maximum atomic E-state index is 6.65. The molecule has 2 nitrogen and oxygen atoms in total. The van der Waals surface area contributed by atoms with Crippen LogP contribution in [0.15, 0.2) is 0 Å². The van der Waals surface area contributed by atoms with Gasteiger partial charge in [0.1, 0.15) is 0 Å². The Morgan fingerprint density at radius 3 is 2.28 bits per heavy atom. The molecule has 2 saturated carbocycles. The normalized spacial score (nSPS) is 38.3. The number of hydrogen-bond acceptors (Lipinski definition) is 2. The fraction of sp³-hybridized carbons (Fsp3) is 1.00. The Morgan fingerprint density at radius 1 is 1.06 bits per heavy atom. The van der Waals surface area contributed by atoms with Crippen LogP contribution in [0.3, 0.4) is 0 Å². The molecule has 2 rings (SSSR count). The van der Waals surface area contributed by atoms with Gasteiger partial charge in [-0.2, -0.15) is 0 Å². The van der Waals surface area contributed by atoms with Crippen molar-refractivity contribution in [1.29, 1.82) is 0 Å². The summed E-state index contributed by atoms with van der Waals surface area (Å²) in [5.41, 5.74) is 6.64. The zero-order valence-corrected chi connectivity index (χ0v) is 12.5. The van der Waals surface area contributed by atoms with Crippen molar-refractivity contribution in [3.05, 3.63) is 0 Å². The molecule has 4 unspecified atom stereocenters. The van der Waals surface area contributed by atoms with Crippen LogP contribution in [-0.2, 0) is 4.74 Å². The largest absolute Gasteiger partial charge is 0.377 e. The van der Waals surface area contributed by atoms with Gasteiger partial charge in [-0.3, -0.25) is 0 Å². The second-order valence-corrected chi connectivity index (χ2v) is 6.88. The third-order valence-electron chi connectivity index (χ3n) is 5.86. The Morgan fingerprint density at radius 2 is 1.72 bits per heavy atom. The molecule has 0 aliphatic heterocycles. The van der Waals surface area contributed by atoms with Gasteiger partial charge in [0.25, 0.3) is 0 Å². The molecule has 2 aliphatic rings. The highest BCUT2D eigenvalue weighted by Gasteiger charge is 2.43. The van der Waals surface area contributed by atoms with Crippen LogP contribution < -0.4 is 5.73 Å². The average molecular weight is 253 g/mol. The van der Waals surface area contributed by atoms with Gasteiger partial charge in [-0.25, -0.2) is 0 Å². The molecule has 0 spiro atoms. The summed E-state index contributed by atoms with van der Waals surface area (Å²) >= 11 is 0. The van der Waals surface area contributed by atoms with Gasteiger partial charge in [0.15, 0.2) is 0 Å². The van der Waals surface area contributed by atoms with Crippen LogP contribution in [0, 0.1) is 17.8 Å². The van der Waals surface area contributed by atoms with E-state index in [1.54, 1.807) is 0 Å². The zero-order chi connectivity index (χ0) is 13.2. The highest BCUT2D eigenvalue weighted by molar-refractivity contribution is 4.98. The molecule has 106 valence electrons. The van der Waals surface area contributed by atoms with Crippen molar-refractivity contribution in [2.45, 2.75) is 76.9 Å². The van der Waals surface area contributed by atoms with Gasteiger partial charge < -0.3 is 10.5 Å². The first-order valence-electron chi connectivity index (χ1n) is 7.90. The quantitative estimate of drug-likeness (QED) is 0.831. The fourth-order valence-electron chi connectivity index (χ4n) is 4.17. The summed E-state index contributed by atoms with van der Waals surface area (Å²) in [5, 5.41) is 0. The van der Waals surface area contributed by atoms with Crippen LogP contribution in [0.25, 0.3) is 0 Å². The van der Waals surface area contributed by atoms with Gasteiger partial charge >= 0.3 is 0 Å². The molecule has 0 aromatic heterocycles. The van der Waals surface area contributed by atoms with Crippen molar-refractivity contribution >= 4 is 0 Å². The lowest BCUT2D eigenvalue weighted by Gasteiger charge is -2.46. The summed E-state index contributed by atoms with van der Waals surface area (Å²) in [6.45, 7) is 4.78. The Labute approximate surface area is 113 Å². The minimum Gasteiger partial charge on any atom is -0.377 e. The molecule has 0 radical (unpaired) electrons. The predicted molar refractivity (Wildman–Crippen MR) is 76.5 cm³/mol. The Kier molecular flexibility index (Phi) is 4.71. The van der Waals surface area contributed by atoms with Crippen LogP contribution >= 0.6 is 0 Å². The minimum atomic E-state index is -0.0107. The third-order valence-corrected chi connectivity index (χ3v) is 5.86. The first kappa shape index (κ1) is 14.3. The predicted octanol–water partition coefficient (Wildman–Crippen LogP) is 3.74. The van der Waals surface area contributed by atoms with Gasteiger partial charge in [-0.05, 0) is 43.4 Å². The SMILES string of the molecule is COC1(C(N)C2CCC(C)C(C)C2)CCCCC1. The van der Waals surface area contributed by atoms with E-state index in [1.807, 2.05) is 7.11 Å². The van der Waals surface area contributed by atoms with E-state index in [4.69, 9.17) is 10.5 Å². The van der Waals surface area contributed by atoms with Crippen LogP contribution in [0.4, 0.5) is 0 Å². The Bertz CT molecular complexity index is 260. The lowest BCUT2D eigenvalue weighted by atomic mass is 9.67. The van der Waals surface area contributed by atoms with E-state index >= 15 is 0 Å². The Hall–Kier alpha value is -0.0800. The smallest absolute Gasteiger partial charge is 0.0831 e. The van der Waals surface area contributed by atoms with Crippen molar-refractivity contribution < 1.29 is 4.74 Å². The van der Waals surface area contributed by atoms with Crippen LogP contribution in [0.1, 0.15) is 65.2 Å². The van der Waals surface area contributed by atoms with Gasteiger partial charge in [-0.1, -0.05) is 39.5 Å². The van der Waals surface area contributed by atoms with E-state index in [0.717, 1.165) is 11.8 Å². The summed E-state index contributed by atoms with van der Waals surface area (Å²) in [4.78, 5) is 0. The molecule has 18 heavy (non-hydrogen) atoms. The Balaban J connectivity index is 2.02. The maximum absolute atomic E-state index is 6.65. The molecular weight excluding hydrogens is 222 g/mol. The number of hydrogen-bond donors (Lipinski definition) is 1. The van der Waals surface area contributed by atoms with Gasteiger partial charge in [0.2, 0.25) is 0 Å². The van der Waals surface area contributed by atoms with E-state index in [0.29, 0.717) is 5.92 Å². The second-order valence-electron chi connectivity index (χ2n) is 6.88. The molecule has 0 heterocycles. The minimum absolute atomic E-state index is 0.0107. The highest BCUT2D eigenvalue weighted by atomic mass is 16.5. The maximum Gasteiger partial charge on any atom is 0.0831 e. The van der Waals surface area contributed by atoms with Crippen LogP contribution in [-0.4, -0.2) is 18.8 Å². The van der Waals surface area contributed by atoms with Gasteiger partial charge in [0, 0.05) is 13.2 Å². The standard InChI is InChI=1S/C16H31NO/c1-12-7-8-14(11-13(12)2)15(17)16(18-3)9-5-4-6-10-16/h12-15H,4-11,17H2,1-3H3. The lowest BCUT2D eigenvalue weighted by molar-refractivity contribution is -0.0782. The molecule has 2 fully saturated rings. The molecule has 4 atom stereocenters. The van der Waals surface area contributed by atoms with Gasteiger partial charge in [0.05, 0.1) is 5.60 Å². The molecule has 2 N–H and O–H groups in total. The van der Waals surface area contributed by atoms with E-state index in [-0.39, 0.29) is 11.6 Å². The first-order chi connectivity index (χ1) is 8.59. The van der Waals surface area contributed by atoms with E-state index < -0.39 is 0 Å². The van der Waals surface area contributed by atoms with Crippen LogP contribution in [0.2, 0.25) is 0 Å². The molecule has 0 aromatic rings. The summed E-state index contributed by atoms with van der Waals surface area (Å²) in [5.74, 6) is 2.37. The number of nitrogens with two attached hydrogens (primary N) is 1. The fourth-order valence-corrected chi connectivity index (χ4v) is 4.17. The molecule has 2 heteroatoms. The van der Waals surface area contributed by atoms with Crippen molar-refractivity contribution in [2.75, 3.05) is 7.11 Å². The monoisotopic (exact) mass is 253 g/mol. The lowest BCUT2D eigenvalue weighted by Crippen LogP contribution is -2.55. The summed E-state index contributed by atoms with van der Waals surface area (Å²) in [6.07, 6.45) is 10.2. The molecule has 0 saturated heterocycles. The van der Waals surface area contributed by atoms with Crippen molar-refractivity contribution in [3.63, 3.8) is 0 Å². The summed E-state index contributed by atoms with van der Waals surface area (Å²) < 4.78 is 5.93. The molecule has 2 aliphatic carbocycles. The summed E-state index contributed by atoms with van der Waals surface area (Å²) in [7, 11) is 1.88. The molecule has 0 amide bonds. The van der Waals surface area contributed by atoms with E-state index in [2.05, 4.69) is 13.8 Å². The molecular formula is C16H31NO. The van der Waals surface area contributed by atoms with Crippen molar-refractivity contribution in [2.24, 2.45) is 23.5 Å². The highest BCUT2D eigenvalue weighted by Crippen LogP contribution is 2.42. The number of rotatable bonds is 3. The number of ether oxygens (including phenoxy) is 1. The van der Waals surface area contributed by atoms with E-state index in [1.165, 1.54) is 51.4 Å². The molecule has 0 aromatic carbocycles. The van der Waals surface area contributed by atoms with Crippen LogP contribution in [0.5, 0.6) is 0 Å². The summed E-state index contributed by atoms with van der Waals surface area (Å²) in [6, 6.07) is 0.248. The zero-order valence-electron chi connectivity index (χ0n) is 12.5. The van der Waals surface area contributed by atoms with Crippen molar-refractivity contribution in [1.82, 2.24) is 0 Å². The third kappa shape index (κ3) is 2.75. The van der Waals surface area contributed by atoms with Crippen molar-refractivity contribution in [3.8, 4) is 0 Å². The topological polar surface area (TPSA) is 35.2 Å².